The van der Waals surface area contributed by atoms with E-state index in [1.165, 1.54) is 0 Å². The predicted octanol–water partition coefficient (Wildman–Crippen LogP) is 2.51. The topological polar surface area (TPSA) is 51.4 Å². The molecule has 0 aliphatic rings. The van der Waals surface area contributed by atoms with Gasteiger partial charge in [0.1, 0.15) is 5.75 Å². The predicted molar refractivity (Wildman–Crippen MR) is 84.0 cm³/mol. The summed E-state index contributed by atoms with van der Waals surface area (Å²) in [6, 6.07) is 0. The van der Waals surface area contributed by atoms with Crippen LogP contribution in [-0.2, 0) is 6.54 Å². The van der Waals surface area contributed by atoms with Gasteiger partial charge in [0.25, 0.3) is 0 Å². The van der Waals surface area contributed by atoms with E-state index in [0.29, 0.717) is 6.54 Å². The van der Waals surface area contributed by atoms with E-state index in [0.717, 1.165) is 42.2 Å². The number of methoxy groups -OCH3 is 1. The van der Waals surface area contributed by atoms with Gasteiger partial charge in [-0.3, -0.25) is 9.88 Å². The average Bonchev–Trinajstić information content (AvgIpc) is 2.41. The Bertz CT molecular complexity index is 444. The molecule has 0 aliphatic heterocycles. The molecule has 1 rings (SSSR count). The molecule has 0 radical (unpaired) electrons. The number of pyridine rings is 1. The smallest absolute Gasteiger partial charge is 0.128 e. The molecule has 0 atom stereocenters. The lowest BCUT2D eigenvalue weighted by molar-refractivity contribution is 0.181. The fraction of sp³-hybridized carbons (Fsp3) is 0.688. The molecule has 1 aromatic rings. The number of aryl methyl sites for hydroxylation is 1. The molecule has 4 nitrogen and oxygen atoms in total. The van der Waals surface area contributed by atoms with Crippen LogP contribution < -0.4 is 10.5 Å². The molecule has 0 fully saturated rings. The van der Waals surface area contributed by atoms with Crippen molar-refractivity contribution in [3.05, 3.63) is 23.0 Å². The van der Waals surface area contributed by atoms with Gasteiger partial charge in [-0.1, -0.05) is 20.8 Å². The molecule has 4 heteroatoms. The van der Waals surface area contributed by atoms with Crippen LogP contribution in [-0.4, -0.2) is 36.6 Å². The van der Waals surface area contributed by atoms with Crippen LogP contribution in [0, 0.1) is 19.3 Å². The molecule has 0 saturated heterocycles. The largest absolute Gasteiger partial charge is 0.496 e. The molecule has 20 heavy (non-hydrogen) atoms. The first-order valence-corrected chi connectivity index (χ1v) is 7.26. The Hall–Kier alpha value is -1.13. The van der Waals surface area contributed by atoms with Crippen molar-refractivity contribution in [1.29, 1.82) is 0 Å². The lowest BCUT2D eigenvalue weighted by Crippen LogP contribution is -2.38. The van der Waals surface area contributed by atoms with Crippen molar-refractivity contribution in [3.8, 4) is 5.75 Å². The van der Waals surface area contributed by atoms with Crippen LogP contribution in [0.4, 0.5) is 0 Å². The number of nitrogens with two attached hydrogens (primary N) is 1. The van der Waals surface area contributed by atoms with E-state index in [1.807, 2.05) is 13.1 Å². The Kier molecular flexibility index (Phi) is 5.96. The van der Waals surface area contributed by atoms with Gasteiger partial charge < -0.3 is 10.5 Å². The van der Waals surface area contributed by atoms with Crippen LogP contribution in [0.2, 0.25) is 0 Å². The Labute approximate surface area is 123 Å². The van der Waals surface area contributed by atoms with Crippen LogP contribution in [0.25, 0.3) is 0 Å². The monoisotopic (exact) mass is 279 g/mol. The minimum absolute atomic E-state index is 0.124. The van der Waals surface area contributed by atoms with Gasteiger partial charge in [-0.2, -0.15) is 0 Å². The van der Waals surface area contributed by atoms with Gasteiger partial charge in [-0.05, 0) is 32.4 Å². The zero-order valence-electron chi connectivity index (χ0n) is 13.8. The highest BCUT2D eigenvalue weighted by Crippen LogP contribution is 2.25. The first-order chi connectivity index (χ1) is 9.34. The summed E-state index contributed by atoms with van der Waals surface area (Å²) in [4.78, 5) is 6.96. The molecule has 0 bridgehead atoms. The van der Waals surface area contributed by atoms with Crippen molar-refractivity contribution in [2.75, 3.05) is 26.7 Å². The van der Waals surface area contributed by atoms with E-state index >= 15 is 0 Å². The van der Waals surface area contributed by atoms with Gasteiger partial charge in [-0.25, -0.2) is 0 Å². The van der Waals surface area contributed by atoms with E-state index in [2.05, 4.69) is 37.6 Å². The van der Waals surface area contributed by atoms with Crippen molar-refractivity contribution in [2.24, 2.45) is 11.1 Å². The van der Waals surface area contributed by atoms with Crippen LogP contribution >= 0.6 is 0 Å². The second-order valence-electron chi connectivity index (χ2n) is 6.22. The fourth-order valence-corrected chi connectivity index (χ4v) is 2.39. The molecule has 0 aliphatic carbocycles. The highest BCUT2D eigenvalue weighted by atomic mass is 16.5. The highest BCUT2D eigenvalue weighted by Gasteiger charge is 2.21. The molecule has 1 aromatic heterocycles. The van der Waals surface area contributed by atoms with Crippen molar-refractivity contribution < 1.29 is 4.74 Å². The molecule has 0 aromatic carbocycles. The van der Waals surface area contributed by atoms with Crippen molar-refractivity contribution in [2.45, 2.75) is 41.2 Å². The molecular weight excluding hydrogens is 250 g/mol. The Morgan fingerprint density at radius 1 is 1.35 bits per heavy atom. The molecule has 0 amide bonds. The lowest BCUT2D eigenvalue weighted by Gasteiger charge is -2.31. The number of aromatic nitrogens is 1. The zero-order valence-corrected chi connectivity index (χ0v) is 13.8. The summed E-state index contributed by atoms with van der Waals surface area (Å²) in [5, 5.41) is 0. The highest BCUT2D eigenvalue weighted by molar-refractivity contribution is 5.41. The lowest BCUT2D eigenvalue weighted by atomic mass is 9.93. The maximum atomic E-state index is 5.84. The summed E-state index contributed by atoms with van der Waals surface area (Å²) >= 11 is 0. The molecule has 2 N–H and O–H groups in total. The van der Waals surface area contributed by atoms with Crippen molar-refractivity contribution in [1.82, 2.24) is 9.88 Å². The Morgan fingerprint density at radius 3 is 2.50 bits per heavy atom. The van der Waals surface area contributed by atoms with Crippen LogP contribution in [0.1, 0.15) is 37.6 Å². The number of hydrogen-bond acceptors (Lipinski definition) is 4. The van der Waals surface area contributed by atoms with Crippen molar-refractivity contribution in [3.63, 3.8) is 0 Å². The molecule has 114 valence electrons. The van der Waals surface area contributed by atoms with E-state index in [-0.39, 0.29) is 5.41 Å². The number of ether oxygens (including phenoxy) is 1. The average molecular weight is 279 g/mol. The normalized spacial score (nSPS) is 12.0. The minimum atomic E-state index is 0.124. The summed E-state index contributed by atoms with van der Waals surface area (Å²) in [7, 11) is 1.72. The number of hydrogen-bond donors (Lipinski definition) is 1. The van der Waals surface area contributed by atoms with E-state index in [9.17, 15) is 0 Å². The summed E-state index contributed by atoms with van der Waals surface area (Å²) in [5.74, 6) is 0.948. The quantitative estimate of drug-likeness (QED) is 0.833. The van der Waals surface area contributed by atoms with E-state index < -0.39 is 0 Å². The van der Waals surface area contributed by atoms with Crippen LogP contribution in [0.5, 0.6) is 5.75 Å². The number of nitrogens with zero attached hydrogens (tertiary/aromatic N) is 2. The SMILES string of the molecule is CCN(Cc1ncc(C)c(OC)c1C)CC(C)(C)CN. The second kappa shape index (κ2) is 7.04. The van der Waals surface area contributed by atoms with E-state index in [1.54, 1.807) is 7.11 Å². The third-order valence-electron chi connectivity index (χ3n) is 3.77. The molecular formula is C16H29N3O. The number of rotatable bonds is 7. The van der Waals surface area contributed by atoms with Gasteiger partial charge >= 0.3 is 0 Å². The Morgan fingerprint density at radius 2 is 2.00 bits per heavy atom. The van der Waals surface area contributed by atoms with E-state index in [4.69, 9.17) is 10.5 Å². The first kappa shape index (κ1) is 16.9. The van der Waals surface area contributed by atoms with Gasteiger partial charge in [0.2, 0.25) is 0 Å². The molecule has 0 saturated carbocycles. The standard InChI is InChI=1S/C16H29N3O/c1-7-19(11-16(4,5)10-17)9-14-13(3)15(20-6)12(2)8-18-14/h8H,7,9-11,17H2,1-6H3. The molecule has 0 spiro atoms. The second-order valence-corrected chi connectivity index (χ2v) is 6.22. The zero-order chi connectivity index (χ0) is 15.3. The molecule has 0 unspecified atom stereocenters. The van der Waals surface area contributed by atoms with Crippen molar-refractivity contribution >= 4 is 0 Å². The summed E-state index contributed by atoms with van der Waals surface area (Å²) in [5.41, 5.74) is 9.26. The van der Waals surface area contributed by atoms with Gasteiger partial charge in [-0.15, -0.1) is 0 Å². The van der Waals surface area contributed by atoms with Crippen LogP contribution in [0.3, 0.4) is 0 Å². The molecule has 1 heterocycles. The minimum Gasteiger partial charge on any atom is -0.496 e. The Balaban J connectivity index is 2.91. The van der Waals surface area contributed by atoms with Gasteiger partial charge in [0, 0.05) is 30.4 Å². The van der Waals surface area contributed by atoms with Crippen LogP contribution in [0.15, 0.2) is 6.20 Å². The summed E-state index contributed by atoms with van der Waals surface area (Å²) in [6.45, 7) is 14.2. The third kappa shape index (κ3) is 4.18. The fourth-order valence-electron chi connectivity index (χ4n) is 2.39. The maximum Gasteiger partial charge on any atom is 0.128 e. The maximum absolute atomic E-state index is 5.84. The first-order valence-electron chi connectivity index (χ1n) is 7.26. The third-order valence-corrected chi connectivity index (χ3v) is 3.77. The van der Waals surface area contributed by atoms with Gasteiger partial charge in [0.05, 0.1) is 12.8 Å². The summed E-state index contributed by atoms with van der Waals surface area (Å²) in [6.07, 6.45) is 1.89. The summed E-state index contributed by atoms with van der Waals surface area (Å²) < 4.78 is 5.48. The van der Waals surface area contributed by atoms with Gasteiger partial charge in [0.15, 0.2) is 0 Å².